The number of halogens is 3. The first-order valence-electron chi connectivity index (χ1n) is 5.57. The van der Waals surface area contributed by atoms with Gasteiger partial charge in [-0.05, 0) is 34.1 Å². The lowest BCUT2D eigenvalue weighted by molar-refractivity contribution is 0.407. The minimum atomic E-state index is -0.621. The summed E-state index contributed by atoms with van der Waals surface area (Å²) in [7, 11) is 1.53. The number of ether oxygens (including phenoxy) is 1. The molecule has 0 aliphatic rings. The molecule has 0 saturated heterocycles. The first-order valence-corrected chi connectivity index (χ1v) is 6.74. The number of hydrogen-bond acceptors (Lipinski definition) is 2. The second kappa shape index (κ2) is 5.90. The monoisotopic (exact) mass is 343 g/mol. The van der Waals surface area contributed by atoms with Crippen LogP contribution in [0.2, 0.25) is 5.02 Å². The fourth-order valence-electron chi connectivity index (χ4n) is 1.87. The molecule has 0 amide bonds. The molecule has 2 aromatic carbocycles. The molecule has 1 atom stereocenters. The summed E-state index contributed by atoms with van der Waals surface area (Å²) in [6, 6.07) is 9.51. The highest BCUT2D eigenvalue weighted by atomic mass is 79.9. The number of methoxy groups -OCH3 is 1. The van der Waals surface area contributed by atoms with Crippen LogP contribution >= 0.6 is 27.5 Å². The minimum Gasteiger partial charge on any atom is -0.496 e. The third-order valence-corrected chi connectivity index (χ3v) is 3.69. The fraction of sp³-hybridized carbons (Fsp3) is 0.143. The number of benzene rings is 2. The molecule has 2 nitrogen and oxygen atoms in total. The molecular weight excluding hydrogens is 333 g/mol. The standard InChI is InChI=1S/C14H12BrClFNO/c1-19-12-7-8(16)5-6-9(12)14(18)10-3-2-4-11(15)13(10)17/h2-7,14H,18H2,1H3. The van der Waals surface area contributed by atoms with E-state index in [1.54, 1.807) is 36.4 Å². The van der Waals surface area contributed by atoms with Crippen LogP contribution in [0, 0.1) is 5.82 Å². The molecule has 2 rings (SSSR count). The van der Waals surface area contributed by atoms with Gasteiger partial charge in [0, 0.05) is 16.1 Å². The summed E-state index contributed by atoms with van der Waals surface area (Å²) >= 11 is 9.05. The zero-order valence-corrected chi connectivity index (χ0v) is 12.5. The Morgan fingerprint density at radius 3 is 2.68 bits per heavy atom. The molecule has 0 radical (unpaired) electrons. The van der Waals surface area contributed by atoms with Crippen molar-refractivity contribution in [2.75, 3.05) is 7.11 Å². The SMILES string of the molecule is COc1cc(Cl)ccc1C(N)c1cccc(Br)c1F. The van der Waals surface area contributed by atoms with Crippen LogP contribution in [-0.4, -0.2) is 7.11 Å². The van der Waals surface area contributed by atoms with Crippen LogP contribution in [0.3, 0.4) is 0 Å². The third-order valence-electron chi connectivity index (χ3n) is 2.85. The third kappa shape index (κ3) is 2.91. The Morgan fingerprint density at radius 2 is 2.00 bits per heavy atom. The van der Waals surface area contributed by atoms with Crippen molar-refractivity contribution in [2.45, 2.75) is 6.04 Å². The van der Waals surface area contributed by atoms with Gasteiger partial charge in [-0.15, -0.1) is 0 Å². The molecule has 0 fully saturated rings. The quantitative estimate of drug-likeness (QED) is 0.901. The molecular formula is C14H12BrClFNO. The Morgan fingerprint density at radius 1 is 1.26 bits per heavy atom. The van der Waals surface area contributed by atoms with Gasteiger partial charge in [-0.1, -0.05) is 29.8 Å². The molecule has 100 valence electrons. The van der Waals surface area contributed by atoms with Crippen molar-refractivity contribution >= 4 is 27.5 Å². The molecule has 19 heavy (non-hydrogen) atoms. The highest BCUT2D eigenvalue weighted by Gasteiger charge is 2.18. The van der Waals surface area contributed by atoms with Gasteiger partial charge < -0.3 is 10.5 Å². The van der Waals surface area contributed by atoms with Gasteiger partial charge >= 0.3 is 0 Å². The lowest BCUT2D eigenvalue weighted by atomic mass is 9.98. The molecule has 2 aromatic rings. The van der Waals surface area contributed by atoms with Crippen molar-refractivity contribution in [3.63, 3.8) is 0 Å². The average molecular weight is 345 g/mol. The lowest BCUT2D eigenvalue weighted by Crippen LogP contribution is -2.15. The van der Waals surface area contributed by atoms with Gasteiger partial charge in [-0.3, -0.25) is 0 Å². The number of nitrogens with two attached hydrogens (primary N) is 1. The summed E-state index contributed by atoms with van der Waals surface area (Å²) in [5.74, 6) is 0.173. The summed E-state index contributed by atoms with van der Waals surface area (Å²) in [4.78, 5) is 0. The van der Waals surface area contributed by atoms with Crippen molar-refractivity contribution in [1.82, 2.24) is 0 Å². The molecule has 2 N–H and O–H groups in total. The molecule has 0 saturated carbocycles. The Hall–Kier alpha value is -1.10. The zero-order valence-electron chi connectivity index (χ0n) is 10.2. The summed E-state index contributed by atoms with van der Waals surface area (Å²) in [5.41, 5.74) is 7.21. The van der Waals surface area contributed by atoms with E-state index in [0.717, 1.165) is 0 Å². The topological polar surface area (TPSA) is 35.2 Å². The van der Waals surface area contributed by atoms with Gasteiger partial charge in [0.2, 0.25) is 0 Å². The van der Waals surface area contributed by atoms with E-state index in [9.17, 15) is 4.39 Å². The van der Waals surface area contributed by atoms with E-state index < -0.39 is 6.04 Å². The molecule has 0 aromatic heterocycles. The second-order valence-corrected chi connectivity index (χ2v) is 5.30. The minimum absolute atomic E-state index is 0.369. The van der Waals surface area contributed by atoms with Gasteiger partial charge in [0.15, 0.2) is 0 Å². The first-order chi connectivity index (χ1) is 9.04. The van der Waals surface area contributed by atoms with Crippen molar-refractivity contribution in [3.8, 4) is 5.75 Å². The highest BCUT2D eigenvalue weighted by Crippen LogP contribution is 2.33. The van der Waals surface area contributed by atoms with Crippen LogP contribution in [-0.2, 0) is 0 Å². The summed E-state index contributed by atoms with van der Waals surface area (Å²) in [5, 5.41) is 0.544. The van der Waals surface area contributed by atoms with E-state index in [1.807, 2.05) is 0 Å². The van der Waals surface area contributed by atoms with Crippen LogP contribution in [0.5, 0.6) is 5.75 Å². The summed E-state index contributed by atoms with van der Waals surface area (Å²) < 4.78 is 19.7. The van der Waals surface area contributed by atoms with Crippen molar-refractivity contribution < 1.29 is 9.13 Å². The van der Waals surface area contributed by atoms with Crippen LogP contribution < -0.4 is 10.5 Å². The van der Waals surface area contributed by atoms with E-state index >= 15 is 0 Å². The maximum absolute atomic E-state index is 14.1. The molecule has 5 heteroatoms. The maximum Gasteiger partial charge on any atom is 0.142 e. The van der Waals surface area contributed by atoms with Crippen LogP contribution in [0.15, 0.2) is 40.9 Å². The van der Waals surface area contributed by atoms with Crippen molar-refractivity contribution in [2.24, 2.45) is 5.73 Å². The molecule has 0 heterocycles. The highest BCUT2D eigenvalue weighted by molar-refractivity contribution is 9.10. The van der Waals surface area contributed by atoms with E-state index in [4.69, 9.17) is 22.1 Å². The first kappa shape index (κ1) is 14.3. The smallest absolute Gasteiger partial charge is 0.142 e. The lowest BCUT2D eigenvalue weighted by Gasteiger charge is -2.17. The van der Waals surface area contributed by atoms with Crippen molar-refractivity contribution in [1.29, 1.82) is 0 Å². The maximum atomic E-state index is 14.1. The Labute approximate surface area is 124 Å². The predicted molar refractivity (Wildman–Crippen MR) is 78.1 cm³/mol. The van der Waals surface area contributed by atoms with E-state index in [1.165, 1.54) is 7.11 Å². The normalized spacial score (nSPS) is 12.3. The number of rotatable bonds is 3. The van der Waals surface area contributed by atoms with E-state index in [-0.39, 0.29) is 5.82 Å². The fourth-order valence-corrected chi connectivity index (χ4v) is 2.41. The molecule has 0 spiro atoms. The van der Waals surface area contributed by atoms with E-state index in [2.05, 4.69) is 15.9 Å². The van der Waals surface area contributed by atoms with Gasteiger partial charge in [-0.2, -0.15) is 0 Å². The average Bonchev–Trinajstić information content (AvgIpc) is 2.41. The largest absolute Gasteiger partial charge is 0.496 e. The van der Waals surface area contributed by atoms with Crippen LogP contribution in [0.1, 0.15) is 17.2 Å². The second-order valence-electron chi connectivity index (χ2n) is 4.01. The molecule has 0 aliphatic carbocycles. The Kier molecular flexibility index (Phi) is 4.45. The Bertz CT molecular complexity index is 606. The summed E-state index contributed by atoms with van der Waals surface area (Å²) in [6.45, 7) is 0. The van der Waals surface area contributed by atoms with Crippen LogP contribution in [0.4, 0.5) is 4.39 Å². The molecule has 0 bridgehead atoms. The van der Waals surface area contributed by atoms with Gasteiger partial charge in [0.25, 0.3) is 0 Å². The molecule has 1 unspecified atom stereocenters. The van der Waals surface area contributed by atoms with Crippen LogP contribution in [0.25, 0.3) is 0 Å². The predicted octanol–water partition coefficient (Wildman–Crippen LogP) is 4.30. The van der Waals surface area contributed by atoms with Gasteiger partial charge in [0.05, 0.1) is 17.6 Å². The summed E-state index contributed by atoms with van der Waals surface area (Å²) in [6.07, 6.45) is 0. The van der Waals surface area contributed by atoms with Gasteiger partial charge in [0.1, 0.15) is 11.6 Å². The Balaban J connectivity index is 2.49. The molecule has 0 aliphatic heterocycles. The number of hydrogen-bond donors (Lipinski definition) is 1. The van der Waals surface area contributed by atoms with E-state index in [0.29, 0.717) is 26.4 Å². The van der Waals surface area contributed by atoms with Crippen molar-refractivity contribution in [3.05, 3.63) is 62.8 Å². The van der Waals surface area contributed by atoms with Gasteiger partial charge in [-0.25, -0.2) is 4.39 Å². The zero-order chi connectivity index (χ0) is 14.0.